The highest BCUT2D eigenvalue weighted by molar-refractivity contribution is 6.42. The zero-order valence-corrected chi connectivity index (χ0v) is 13.8. The Bertz CT molecular complexity index is 563. The summed E-state index contributed by atoms with van der Waals surface area (Å²) in [7, 11) is 0. The lowest BCUT2D eigenvalue weighted by atomic mass is 10.0. The van der Waals surface area contributed by atoms with Crippen molar-refractivity contribution in [2.75, 3.05) is 13.1 Å². The third kappa shape index (κ3) is 2.79. The molecule has 1 aromatic rings. The van der Waals surface area contributed by atoms with Gasteiger partial charge in [-0.25, -0.2) is 0 Å². The van der Waals surface area contributed by atoms with Gasteiger partial charge in [0, 0.05) is 31.1 Å². The van der Waals surface area contributed by atoms with Crippen LogP contribution in [0.3, 0.4) is 0 Å². The van der Waals surface area contributed by atoms with Gasteiger partial charge in [-0.05, 0) is 37.8 Å². The third-order valence-corrected chi connectivity index (χ3v) is 5.64. The van der Waals surface area contributed by atoms with Crippen molar-refractivity contribution < 1.29 is 4.79 Å². The quantitative estimate of drug-likeness (QED) is 0.904. The zero-order valence-electron chi connectivity index (χ0n) is 12.3. The fourth-order valence-electron chi connectivity index (χ4n) is 3.20. The number of carbonyl (C=O) groups excluding carboxylic acids is 1. The van der Waals surface area contributed by atoms with Crippen LogP contribution in [0.25, 0.3) is 0 Å². The molecule has 4 atom stereocenters. The number of rotatable bonds is 2. The van der Waals surface area contributed by atoms with Gasteiger partial charge in [-0.15, -0.1) is 0 Å². The Kier molecular flexibility index (Phi) is 4.17. The first-order valence-electron chi connectivity index (χ1n) is 7.48. The van der Waals surface area contributed by atoms with Gasteiger partial charge in [0.05, 0.1) is 10.0 Å². The van der Waals surface area contributed by atoms with Crippen molar-refractivity contribution in [2.45, 2.75) is 38.3 Å². The fourth-order valence-corrected chi connectivity index (χ4v) is 3.65. The maximum absolute atomic E-state index is 12.7. The van der Waals surface area contributed by atoms with Crippen LogP contribution in [-0.4, -0.2) is 36.0 Å². The molecule has 3 rings (SSSR count). The Morgan fingerprint density at radius 3 is 2.86 bits per heavy atom. The summed E-state index contributed by atoms with van der Waals surface area (Å²) in [6.45, 7) is 5.89. The Morgan fingerprint density at radius 2 is 2.10 bits per heavy atom. The first kappa shape index (κ1) is 15.1. The van der Waals surface area contributed by atoms with Crippen LogP contribution in [-0.2, 0) is 4.79 Å². The molecule has 21 heavy (non-hydrogen) atoms. The van der Waals surface area contributed by atoms with Crippen LogP contribution in [0.4, 0.5) is 0 Å². The van der Waals surface area contributed by atoms with Gasteiger partial charge in [-0.2, -0.15) is 0 Å². The van der Waals surface area contributed by atoms with Crippen molar-refractivity contribution in [2.24, 2.45) is 5.92 Å². The molecule has 1 aromatic carbocycles. The second-order valence-corrected chi connectivity index (χ2v) is 6.89. The number of hydrogen-bond acceptors (Lipinski definition) is 2. The minimum Gasteiger partial charge on any atom is -0.337 e. The number of halogens is 2. The topological polar surface area (TPSA) is 32.3 Å². The van der Waals surface area contributed by atoms with Gasteiger partial charge in [-0.3, -0.25) is 4.79 Å². The molecule has 4 unspecified atom stereocenters. The normalized spacial score (nSPS) is 32.1. The number of amides is 1. The summed E-state index contributed by atoms with van der Waals surface area (Å²) in [5.74, 6) is 0.548. The van der Waals surface area contributed by atoms with Crippen molar-refractivity contribution in [3.63, 3.8) is 0 Å². The van der Waals surface area contributed by atoms with Crippen molar-refractivity contribution in [3.8, 4) is 0 Å². The first-order chi connectivity index (χ1) is 10.0. The molecule has 5 heteroatoms. The predicted octanol–water partition coefficient (Wildman–Crippen LogP) is 3.31. The molecule has 1 aliphatic carbocycles. The molecule has 114 valence electrons. The largest absolute Gasteiger partial charge is 0.337 e. The van der Waals surface area contributed by atoms with Gasteiger partial charge in [0.25, 0.3) is 0 Å². The highest BCUT2D eigenvalue weighted by Crippen LogP contribution is 2.51. The van der Waals surface area contributed by atoms with Gasteiger partial charge < -0.3 is 10.2 Å². The highest BCUT2D eigenvalue weighted by Gasteiger charge is 2.48. The number of carbonyl (C=O) groups is 1. The molecule has 1 amide bonds. The van der Waals surface area contributed by atoms with Gasteiger partial charge in [-0.1, -0.05) is 35.3 Å². The Hall–Kier alpha value is -0.770. The van der Waals surface area contributed by atoms with E-state index in [1.165, 1.54) is 0 Å². The third-order valence-electron chi connectivity index (χ3n) is 4.81. The summed E-state index contributed by atoms with van der Waals surface area (Å²) >= 11 is 12.3. The number of piperazine rings is 1. The first-order valence-corrected chi connectivity index (χ1v) is 8.24. The van der Waals surface area contributed by atoms with Crippen molar-refractivity contribution in [3.05, 3.63) is 33.8 Å². The fraction of sp³-hybridized carbons (Fsp3) is 0.562. The standard InChI is InChI=1S/C16H20Cl2N2O/c1-9-10(2)20(7-6-19-9)16(21)13-8-12(13)11-4-3-5-14(17)15(11)18/h3-5,9-10,12-13,19H,6-8H2,1-2H3. The second-order valence-electron chi connectivity index (χ2n) is 6.11. The van der Waals surface area contributed by atoms with E-state index in [2.05, 4.69) is 19.2 Å². The summed E-state index contributed by atoms with van der Waals surface area (Å²) in [4.78, 5) is 14.7. The summed E-state index contributed by atoms with van der Waals surface area (Å²) in [6.07, 6.45) is 0.879. The maximum atomic E-state index is 12.7. The van der Waals surface area contributed by atoms with Crippen LogP contribution in [0.1, 0.15) is 31.7 Å². The highest BCUT2D eigenvalue weighted by atomic mass is 35.5. The van der Waals surface area contributed by atoms with Crippen LogP contribution in [0, 0.1) is 5.92 Å². The molecule has 0 spiro atoms. The molecule has 1 saturated carbocycles. The summed E-state index contributed by atoms with van der Waals surface area (Å²) in [5, 5.41) is 4.57. The van der Waals surface area contributed by atoms with Crippen LogP contribution in [0.15, 0.2) is 18.2 Å². The monoisotopic (exact) mass is 326 g/mol. The van der Waals surface area contributed by atoms with E-state index in [0.29, 0.717) is 16.1 Å². The molecule has 1 aliphatic heterocycles. The van der Waals surface area contributed by atoms with Gasteiger partial charge in [0.15, 0.2) is 0 Å². The Balaban J connectivity index is 1.72. The number of nitrogens with zero attached hydrogens (tertiary/aromatic N) is 1. The van der Waals surface area contributed by atoms with E-state index in [9.17, 15) is 4.79 Å². The van der Waals surface area contributed by atoms with Crippen molar-refractivity contribution in [1.82, 2.24) is 10.2 Å². The van der Waals surface area contributed by atoms with E-state index in [1.807, 2.05) is 17.0 Å². The Labute approximate surface area is 135 Å². The molecule has 0 bridgehead atoms. The average molecular weight is 327 g/mol. The molecule has 1 N–H and O–H groups in total. The molecule has 3 nitrogen and oxygen atoms in total. The lowest BCUT2D eigenvalue weighted by Crippen LogP contribution is -2.57. The molecule has 2 aliphatic rings. The molecular weight excluding hydrogens is 307 g/mol. The molecule has 0 radical (unpaired) electrons. The average Bonchev–Trinajstić information content (AvgIpc) is 3.24. The minimum absolute atomic E-state index is 0.0636. The van der Waals surface area contributed by atoms with Crippen LogP contribution in [0.2, 0.25) is 10.0 Å². The van der Waals surface area contributed by atoms with E-state index < -0.39 is 0 Å². The van der Waals surface area contributed by atoms with E-state index in [0.717, 1.165) is 25.1 Å². The summed E-state index contributed by atoms with van der Waals surface area (Å²) < 4.78 is 0. The van der Waals surface area contributed by atoms with Gasteiger partial charge in [0.2, 0.25) is 5.91 Å². The second kappa shape index (κ2) is 5.79. The van der Waals surface area contributed by atoms with Crippen LogP contribution in [0.5, 0.6) is 0 Å². The minimum atomic E-state index is 0.0636. The number of nitrogens with one attached hydrogen (secondary N) is 1. The molecule has 1 saturated heterocycles. The summed E-state index contributed by atoms with van der Waals surface area (Å²) in [5.41, 5.74) is 1.01. The smallest absolute Gasteiger partial charge is 0.226 e. The molecule has 1 heterocycles. The van der Waals surface area contributed by atoms with Crippen LogP contribution >= 0.6 is 23.2 Å². The van der Waals surface area contributed by atoms with Gasteiger partial charge >= 0.3 is 0 Å². The molecule has 0 aromatic heterocycles. The maximum Gasteiger partial charge on any atom is 0.226 e. The van der Waals surface area contributed by atoms with Crippen molar-refractivity contribution >= 4 is 29.1 Å². The van der Waals surface area contributed by atoms with Crippen molar-refractivity contribution in [1.29, 1.82) is 0 Å². The SMILES string of the molecule is CC1NCCN(C(=O)C2CC2c2cccc(Cl)c2Cl)C1C. The Morgan fingerprint density at radius 1 is 1.33 bits per heavy atom. The lowest BCUT2D eigenvalue weighted by molar-refractivity contribution is -0.136. The predicted molar refractivity (Wildman–Crippen MR) is 85.9 cm³/mol. The summed E-state index contributed by atoms with van der Waals surface area (Å²) in [6, 6.07) is 6.25. The molecular formula is C16H20Cl2N2O. The van der Waals surface area contributed by atoms with E-state index >= 15 is 0 Å². The van der Waals surface area contributed by atoms with E-state index in [-0.39, 0.29) is 23.8 Å². The lowest BCUT2D eigenvalue weighted by Gasteiger charge is -2.39. The zero-order chi connectivity index (χ0) is 15.1. The molecule has 2 fully saturated rings. The number of hydrogen-bond donors (Lipinski definition) is 1. The van der Waals surface area contributed by atoms with Crippen LogP contribution < -0.4 is 5.32 Å². The van der Waals surface area contributed by atoms with Gasteiger partial charge in [0.1, 0.15) is 0 Å². The van der Waals surface area contributed by atoms with E-state index in [4.69, 9.17) is 23.2 Å². The number of benzene rings is 1. The van der Waals surface area contributed by atoms with E-state index in [1.54, 1.807) is 6.07 Å².